The van der Waals surface area contributed by atoms with Crippen molar-refractivity contribution in [2.45, 2.75) is 32.9 Å². The molecule has 0 saturated carbocycles. The molecule has 6 nitrogen and oxygen atoms in total. The maximum absolute atomic E-state index is 11.7. The fraction of sp³-hybridized carbons (Fsp3) is 0.714. The van der Waals surface area contributed by atoms with Crippen LogP contribution in [0.1, 0.15) is 19.2 Å². The SMILES string of the molecule is Cc1nccn1CCCN1CCN(C(=O)C(C)O)CC1. The number of hydrogen-bond donors (Lipinski definition) is 1. The van der Waals surface area contributed by atoms with Gasteiger partial charge in [0.1, 0.15) is 11.9 Å². The summed E-state index contributed by atoms with van der Waals surface area (Å²) in [5, 5.41) is 9.30. The zero-order valence-corrected chi connectivity index (χ0v) is 12.3. The lowest BCUT2D eigenvalue weighted by molar-refractivity contribution is -0.141. The summed E-state index contributed by atoms with van der Waals surface area (Å²) >= 11 is 0. The van der Waals surface area contributed by atoms with Crippen molar-refractivity contribution in [2.75, 3.05) is 32.7 Å². The van der Waals surface area contributed by atoms with Crippen LogP contribution in [0.25, 0.3) is 0 Å². The lowest BCUT2D eigenvalue weighted by atomic mass is 10.2. The third kappa shape index (κ3) is 3.80. The Kier molecular flexibility index (Phi) is 5.14. The van der Waals surface area contributed by atoms with Gasteiger partial charge in [0.15, 0.2) is 0 Å². The molecular formula is C14H24N4O2. The standard InChI is InChI=1S/C14H24N4O2/c1-12(19)14(20)18-10-8-16(9-11-18)5-3-6-17-7-4-15-13(17)2/h4,7,12,19H,3,5-6,8-11H2,1-2H3. The van der Waals surface area contributed by atoms with Crippen LogP contribution in [-0.4, -0.2) is 69.2 Å². The first-order valence-corrected chi connectivity index (χ1v) is 7.25. The number of aryl methyl sites for hydroxylation is 2. The minimum atomic E-state index is -0.884. The number of rotatable bonds is 5. The molecule has 0 radical (unpaired) electrons. The summed E-state index contributed by atoms with van der Waals surface area (Å²) in [5.41, 5.74) is 0. The second-order valence-electron chi connectivity index (χ2n) is 5.36. The lowest BCUT2D eigenvalue weighted by Gasteiger charge is -2.35. The number of carbonyl (C=O) groups is 1. The maximum Gasteiger partial charge on any atom is 0.251 e. The molecule has 0 bridgehead atoms. The summed E-state index contributed by atoms with van der Waals surface area (Å²) in [6.07, 6.45) is 4.04. The van der Waals surface area contributed by atoms with Crippen LogP contribution in [0.2, 0.25) is 0 Å². The van der Waals surface area contributed by atoms with Crippen molar-refractivity contribution in [3.05, 3.63) is 18.2 Å². The Morgan fingerprint density at radius 1 is 1.35 bits per heavy atom. The molecule has 1 aromatic rings. The Bertz CT molecular complexity index is 436. The number of aliphatic hydroxyl groups excluding tert-OH is 1. The Balaban J connectivity index is 1.67. The fourth-order valence-electron chi connectivity index (χ4n) is 2.56. The second kappa shape index (κ2) is 6.85. The minimum absolute atomic E-state index is 0.154. The normalized spacial score (nSPS) is 18.2. The van der Waals surface area contributed by atoms with Gasteiger partial charge < -0.3 is 14.6 Å². The van der Waals surface area contributed by atoms with E-state index in [4.69, 9.17) is 0 Å². The van der Waals surface area contributed by atoms with Gasteiger partial charge in [-0.25, -0.2) is 4.98 Å². The number of carbonyl (C=O) groups excluding carboxylic acids is 1. The first-order valence-electron chi connectivity index (χ1n) is 7.25. The summed E-state index contributed by atoms with van der Waals surface area (Å²) in [7, 11) is 0. The van der Waals surface area contributed by atoms with E-state index in [2.05, 4.69) is 14.5 Å². The van der Waals surface area contributed by atoms with E-state index >= 15 is 0 Å². The van der Waals surface area contributed by atoms with Crippen LogP contribution in [-0.2, 0) is 11.3 Å². The van der Waals surface area contributed by atoms with Gasteiger partial charge in [-0.15, -0.1) is 0 Å². The highest BCUT2D eigenvalue weighted by molar-refractivity contribution is 5.80. The van der Waals surface area contributed by atoms with E-state index in [-0.39, 0.29) is 5.91 Å². The van der Waals surface area contributed by atoms with E-state index in [1.54, 1.807) is 4.90 Å². The number of piperazine rings is 1. The highest BCUT2D eigenvalue weighted by Gasteiger charge is 2.23. The van der Waals surface area contributed by atoms with E-state index in [0.717, 1.165) is 38.4 Å². The van der Waals surface area contributed by atoms with Crippen molar-refractivity contribution in [1.82, 2.24) is 19.4 Å². The van der Waals surface area contributed by atoms with Gasteiger partial charge in [0.25, 0.3) is 5.91 Å². The van der Waals surface area contributed by atoms with Gasteiger partial charge in [-0.2, -0.15) is 0 Å². The Morgan fingerprint density at radius 2 is 2.05 bits per heavy atom. The van der Waals surface area contributed by atoms with E-state index < -0.39 is 6.10 Å². The molecule has 1 aliphatic heterocycles. The molecule has 1 aromatic heterocycles. The molecule has 0 aliphatic carbocycles. The van der Waals surface area contributed by atoms with Crippen molar-refractivity contribution in [3.8, 4) is 0 Å². The minimum Gasteiger partial charge on any atom is -0.384 e. The smallest absolute Gasteiger partial charge is 0.251 e. The molecule has 0 spiro atoms. The summed E-state index contributed by atoms with van der Waals surface area (Å²) in [6, 6.07) is 0. The molecule has 2 rings (SSSR count). The Morgan fingerprint density at radius 3 is 2.60 bits per heavy atom. The molecule has 0 aromatic carbocycles. The molecule has 2 heterocycles. The van der Waals surface area contributed by atoms with Crippen molar-refractivity contribution < 1.29 is 9.90 Å². The van der Waals surface area contributed by atoms with Crippen LogP contribution in [0.4, 0.5) is 0 Å². The van der Waals surface area contributed by atoms with Crippen LogP contribution in [0, 0.1) is 6.92 Å². The third-order valence-electron chi connectivity index (χ3n) is 3.84. The van der Waals surface area contributed by atoms with Crippen molar-refractivity contribution >= 4 is 5.91 Å². The molecule has 1 unspecified atom stereocenters. The topological polar surface area (TPSA) is 61.6 Å². The summed E-state index contributed by atoms with van der Waals surface area (Å²) in [6.45, 7) is 8.78. The largest absolute Gasteiger partial charge is 0.384 e. The summed E-state index contributed by atoms with van der Waals surface area (Å²) in [5.74, 6) is 0.899. The van der Waals surface area contributed by atoms with Crippen LogP contribution >= 0.6 is 0 Å². The zero-order chi connectivity index (χ0) is 14.5. The fourth-order valence-corrected chi connectivity index (χ4v) is 2.56. The molecular weight excluding hydrogens is 256 g/mol. The predicted molar refractivity (Wildman–Crippen MR) is 76.3 cm³/mol. The number of aliphatic hydroxyl groups is 1. The first kappa shape index (κ1) is 15.0. The van der Waals surface area contributed by atoms with Gasteiger partial charge in [-0.1, -0.05) is 0 Å². The Labute approximate surface area is 120 Å². The van der Waals surface area contributed by atoms with Crippen LogP contribution in [0.15, 0.2) is 12.4 Å². The third-order valence-corrected chi connectivity index (χ3v) is 3.84. The second-order valence-corrected chi connectivity index (χ2v) is 5.36. The van der Waals surface area contributed by atoms with Gasteiger partial charge in [0.2, 0.25) is 0 Å². The molecule has 6 heteroatoms. The van der Waals surface area contributed by atoms with Gasteiger partial charge in [-0.3, -0.25) is 9.69 Å². The highest BCUT2D eigenvalue weighted by atomic mass is 16.3. The van der Waals surface area contributed by atoms with Crippen molar-refractivity contribution in [1.29, 1.82) is 0 Å². The average molecular weight is 280 g/mol. The number of nitrogens with zero attached hydrogens (tertiary/aromatic N) is 4. The van der Waals surface area contributed by atoms with Gasteiger partial charge in [0.05, 0.1) is 0 Å². The number of aromatic nitrogens is 2. The lowest BCUT2D eigenvalue weighted by Crippen LogP contribution is -2.51. The Hall–Kier alpha value is -1.40. The molecule has 1 N–H and O–H groups in total. The van der Waals surface area contributed by atoms with Gasteiger partial charge >= 0.3 is 0 Å². The summed E-state index contributed by atoms with van der Waals surface area (Å²) < 4.78 is 2.16. The quantitative estimate of drug-likeness (QED) is 0.831. The van der Waals surface area contributed by atoms with E-state index in [1.165, 1.54) is 6.92 Å². The predicted octanol–water partition coefficient (Wildman–Crippen LogP) is 0.107. The molecule has 1 aliphatic rings. The molecule has 20 heavy (non-hydrogen) atoms. The molecule has 112 valence electrons. The van der Waals surface area contributed by atoms with Crippen LogP contribution in [0.5, 0.6) is 0 Å². The maximum atomic E-state index is 11.7. The van der Waals surface area contributed by atoms with Crippen LogP contribution in [0.3, 0.4) is 0 Å². The molecule has 1 amide bonds. The number of amides is 1. The number of hydrogen-bond acceptors (Lipinski definition) is 4. The number of imidazole rings is 1. The zero-order valence-electron chi connectivity index (χ0n) is 12.3. The highest BCUT2D eigenvalue weighted by Crippen LogP contribution is 2.06. The summed E-state index contributed by atoms with van der Waals surface area (Å²) in [4.78, 5) is 20.0. The van der Waals surface area contributed by atoms with Crippen molar-refractivity contribution in [2.24, 2.45) is 0 Å². The van der Waals surface area contributed by atoms with E-state index in [1.807, 2.05) is 19.3 Å². The average Bonchev–Trinajstić information content (AvgIpc) is 2.84. The van der Waals surface area contributed by atoms with E-state index in [0.29, 0.717) is 13.1 Å². The molecule has 1 saturated heterocycles. The van der Waals surface area contributed by atoms with Crippen LogP contribution < -0.4 is 0 Å². The van der Waals surface area contributed by atoms with Gasteiger partial charge in [0, 0.05) is 45.1 Å². The van der Waals surface area contributed by atoms with Crippen molar-refractivity contribution in [3.63, 3.8) is 0 Å². The molecule has 1 atom stereocenters. The molecule has 1 fully saturated rings. The van der Waals surface area contributed by atoms with Gasteiger partial charge in [-0.05, 0) is 26.8 Å². The van der Waals surface area contributed by atoms with E-state index in [9.17, 15) is 9.90 Å². The first-order chi connectivity index (χ1) is 9.58. The monoisotopic (exact) mass is 280 g/mol.